The standard InChI is InChI=1S/C18H22FN3O.HI/c1-20-18(22-13-16-9-5-6-10-17(16)19)21-11-12-23-14-15-7-3-2-4-8-15;/h2-10H,11-14H2,1H3,(H2,20,21,22);1H. The topological polar surface area (TPSA) is 45.7 Å². The molecule has 0 unspecified atom stereocenters. The second-order valence-corrected chi connectivity index (χ2v) is 4.98. The van der Waals surface area contributed by atoms with Gasteiger partial charge in [-0.3, -0.25) is 4.99 Å². The summed E-state index contributed by atoms with van der Waals surface area (Å²) in [5.41, 5.74) is 1.75. The number of guanidine groups is 1. The maximum Gasteiger partial charge on any atom is 0.191 e. The molecule has 0 fully saturated rings. The number of nitrogens with zero attached hydrogens (tertiary/aromatic N) is 1. The molecule has 0 saturated heterocycles. The maximum absolute atomic E-state index is 13.5. The van der Waals surface area contributed by atoms with Crippen LogP contribution in [-0.4, -0.2) is 26.2 Å². The Kier molecular flexibility index (Phi) is 10.0. The van der Waals surface area contributed by atoms with Crippen molar-refractivity contribution in [1.82, 2.24) is 10.6 Å². The fraction of sp³-hybridized carbons (Fsp3) is 0.278. The summed E-state index contributed by atoms with van der Waals surface area (Å²) in [6.45, 7) is 2.17. The van der Waals surface area contributed by atoms with Gasteiger partial charge in [-0.05, 0) is 11.6 Å². The number of aliphatic imine (C=N–C) groups is 1. The zero-order valence-corrected chi connectivity index (χ0v) is 16.0. The molecule has 24 heavy (non-hydrogen) atoms. The van der Waals surface area contributed by atoms with Crippen LogP contribution < -0.4 is 10.6 Å². The first kappa shape index (κ1) is 20.4. The summed E-state index contributed by atoms with van der Waals surface area (Å²) in [5.74, 6) is 0.401. The van der Waals surface area contributed by atoms with Crippen LogP contribution in [0.5, 0.6) is 0 Å². The second-order valence-electron chi connectivity index (χ2n) is 4.98. The summed E-state index contributed by atoms with van der Waals surface area (Å²) in [6, 6.07) is 16.7. The number of ether oxygens (including phenoxy) is 1. The van der Waals surface area contributed by atoms with Crippen LogP contribution in [0.3, 0.4) is 0 Å². The molecule has 0 spiro atoms. The Balaban J connectivity index is 0.00000288. The van der Waals surface area contributed by atoms with E-state index >= 15 is 0 Å². The second kappa shape index (κ2) is 11.8. The van der Waals surface area contributed by atoms with Crippen molar-refractivity contribution in [2.24, 2.45) is 4.99 Å². The van der Waals surface area contributed by atoms with E-state index in [0.717, 1.165) is 5.56 Å². The third-order valence-corrected chi connectivity index (χ3v) is 3.28. The SMILES string of the molecule is CN=C(NCCOCc1ccccc1)NCc1ccccc1F.I. The average molecular weight is 443 g/mol. The highest BCUT2D eigenvalue weighted by Crippen LogP contribution is 2.05. The summed E-state index contributed by atoms with van der Waals surface area (Å²) in [4.78, 5) is 4.11. The molecule has 2 aromatic carbocycles. The van der Waals surface area contributed by atoms with E-state index in [2.05, 4.69) is 15.6 Å². The molecule has 4 nitrogen and oxygen atoms in total. The fourth-order valence-corrected chi connectivity index (χ4v) is 2.05. The van der Waals surface area contributed by atoms with E-state index in [9.17, 15) is 4.39 Å². The Hall–Kier alpha value is -1.67. The average Bonchev–Trinajstić information content (AvgIpc) is 2.59. The lowest BCUT2D eigenvalue weighted by molar-refractivity contribution is 0.125. The highest BCUT2D eigenvalue weighted by Gasteiger charge is 2.02. The van der Waals surface area contributed by atoms with Gasteiger partial charge in [0, 0.05) is 25.7 Å². The van der Waals surface area contributed by atoms with Gasteiger partial charge in [-0.2, -0.15) is 0 Å². The summed E-state index contributed by atoms with van der Waals surface area (Å²) in [6.07, 6.45) is 0. The fourth-order valence-electron chi connectivity index (χ4n) is 2.05. The smallest absolute Gasteiger partial charge is 0.191 e. The molecule has 0 radical (unpaired) electrons. The number of nitrogens with one attached hydrogen (secondary N) is 2. The van der Waals surface area contributed by atoms with Crippen molar-refractivity contribution in [3.63, 3.8) is 0 Å². The van der Waals surface area contributed by atoms with Crippen molar-refractivity contribution in [2.75, 3.05) is 20.2 Å². The predicted molar refractivity (Wildman–Crippen MR) is 106 cm³/mol. The predicted octanol–water partition coefficient (Wildman–Crippen LogP) is 3.33. The van der Waals surface area contributed by atoms with Crippen molar-refractivity contribution < 1.29 is 9.13 Å². The highest BCUT2D eigenvalue weighted by atomic mass is 127. The monoisotopic (exact) mass is 443 g/mol. The van der Waals surface area contributed by atoms with Crippen LogP contribution >= 0.6 is 24.0 Å². The molecule has 0 aliphatic heterocycles. The van der Waals surface area contributed by atoms with E-state index in [1.807, 2.05) is 36.4 Å². The first-order chi connectivity index (χ1) is 11.3. The zero-order valence-electron chi connectivity index (χ0n) is 13.7. The Labute approximate surface area is 159 Å². The molecule has 6 heteroatoms. The van der Waals surface area contributed by atoms with Crippen LogP contribution in [0.2, 0.25) is 0 Å². The summed E-state index contributed by atoms with van der Waals surface area (Å²) in [7, 11) is 1.68. The van der Waals surface area contributed by atoms with Gasteiger partial charge in [0.1, 0.15) is 5.82 Å². The molecule has 2 rings (SSSR count). The van der Waals surface area contributed by atoms with E-state index in [-0.39, 0.29) is 29.8 Å². The van der Waals surface area contributed by atoms with Crippen LogP contribution in [-0.2, 0) is 17.9 Å². The van der Waals surface area contributed by atoms with E-state index in [1.165, 1.54) is 6.07 Å². The molecule has 0 bridgehead atoms. The van der Waals surface area contributed by atoms with Crippen molar-refractivity contribution in [3.05, 3.63) is 71.5 Å². The van der Waals surface area contributed by atoms with Gasteiger partial charge in [0.25, 0.3) is 0 Å². The van der Waals surface area contributed by atoms with E-state index < -0.39 is 0 Å². The van der Waals surface area contributed by atoms with Crippen molar-refractivity contribution in [3.8, 4) is 0 Å². The van der Waals surface area contributed by atoms with Crippen molar-refractivity contribution >= 4 is 29.9 Å². The Morgan fingerprint density at radius 1 is 1.04 bits per heavy atom. The van der Waals surface area contributed by atoms with E-state index in [0.29, 0.717) is 37.8 Å². The van der Waals surface area contributed by atoms with Gasteiger partial charge in [-0.15, -0.1) is 24.0 Å². The first-order valence-electron chi connectivity index (χ1n) is 7.59. The number of halogens is 2. The van der Waals surface area contributed by atoms with Crippen LogP contribution in [0, 0.1) is 5.82 Å². The molecular formula is C18H23FIN3O. The van der Waals surface area contributed by atoms with Gasteiger partial charge in [0.2, 0.25) is 0 Å². The first-order valence-corrected chi connectivity index (χ1v) is 7.59. The van der Waals surface area contributed by atoms with Crippen LogP contribution in [0.15, 0.2) is 59.6 Å². The molecule has 0 amide bonds. The van der Waals surface area contributed by atoms with Crippen LogP contribution in [0.25, 0.3) is 0 Å². The summed E-state index contributed by atoms with van der Waals surface area (Å²) < 4.78 is 19.1. The third kappa shape index (κ3) is 7.27. The van der Waals surface area contributed by atoms with Gasteiger partial charge in [-0.25, -0.2) is 4.39 Å². The molecule has 0 aliphatic carbocycles. The largest absolute Gasteiger partial charge is 0.375 e. The summed E-state index contributed by atoms with van der Waals surface area (Å²) >= 11 is 0. The third-order valence-electron chi connectivity index (χ3n) is 3.28. The highest BCUT2D eigenvalue weighted by molar-refractivity contribution is 14.0. The number of hydrogen-bond donors (Lipinski definition) is 2. The zero-order chi connectivity index (χ0) is 16.3. The van der Waals surface area contributed by atoms with E-state index in [1.54, 1.807) is 19.2 Å². The lowest BCUT2D eigenvalue weighted by Crippen LogP contribution is -2.38. The minimum absolute atomic E-state index is 0. The van der Waals surface area contributed by atoms with E-state index in [4.69, 9.17) is 4.74 Å². The van der Waals surface area contributed by atoms with Crippen LogP contribution in [0.4, 0.5) is 4.39 Å². The van der Waals surface area contributed by atoms with Gasteiger partial charge in [-0.1, -0.05) is 48.5 Å². The Morgan fingerprint density at radius 2 is 1.75 bits per heavy atom. The number of rotatable bonds is 7. The quantitative estimate of drug-likeness (QED) is 0.299. The molecule has 2 N–H and O–H groups in total. The number of benzene rings is 2. The summed E-state index contributed by atoms with van der Waals surface area (Å²) in [5, 5.41) is 6.22. The van der Waals surface area contributed by atoms with Gasteiger partial charge < -0.3 is 15.4 Å². The minimum atomic E-state index is -0.221. The Morgan fingerprint density at radius 3 is 2.46 bits per heavy atom. The molecule has 2 aromatic rings. The molecule has 0 aliphatic rings. The Bertz CT molecular complexity index is 623. The minimum Gasteiger partial charge on any atom is -0.375 e. The molecule has 0 atom stereocenters. The van der Waals surface area contributed by atoms with Crippen LogP contribution in [0.1, 0.15) is 11.1 Å². The maximum atomic E-state index is 13.5. The van der Waals surface area contributed by atoms with Crippen molar-refractivity contribution in [1.29, 1.82) is 0 Å². The molecule has 130 valence electrons. The molecule has 0 saturated carbocycles. The molecule has 0 aromatic heterocycles. The van der Waals surface area contributed by atoms with Gasteiger partial charge in [0.15, 0.2) is 5.96 Å². The lowest BCUT2D eigenvalue weighted by Gasteiger charge is -2.12. The lowest BCUT2D eigenvalue weighted by atomic mass is 10.2. The molecule has 0 heterocycles. The van der Waals surface area contributed by atoms with Crippen molar-refractivity contribution in [2.45, 2.75) is 13.2 Å². The van der Waals surface area contributed by atoms with Gasteiger partial charge >= 0.3 is 0 Å². The normalized spacial score (nSPS) is 10.8. The number of hydrogen-bond acceptors (Lipinski definition) is 2. The van der Waals surface area contributed by atoms with Gasteiger partial charge in [0.05, 0.1) is 13.2 Å². The molecular weight excluding hydrogens is 420 g/mol.